The lowest BCUT2D eigenvalue weighted by Crippen LogP contribution is -2.55. The van der Waals surface area contributed by atoms with Crippen molar-refractivity contribution in [3.8, 4) is 0 Å². The summed E-state index contributed by atoms with van der Waals surface area (Å²) in [6.07, 6.45) is 3.45. The van der Waals surface area contributed by atoms with E-state index < -0.39 is 41.6 Å². The van der Waals surface area contributed by atoms with Crippen LogP contribution in [0.2, 0.25) is 0 Å². The zero-order chi connectivity index (χ0) is 36.2. The molecule has 3 atom stereocenters. The van der Waals surface area contributed by atoms with Crippen LogP contribution < -0.4 is 48.7 Å². The van der Waals surface area contributed by atoms with Crippen LogP contribution in [0.4, 0.5) is 17.1 Å². The molecule has 0 bridgehead atoms. The van der Waals surface area contributed by atoms with Gasteiger partial charge in [-0.15, -0.1) is 0 Å². The number of hydrogen-bond acceptors (Lipinski definition) is 9. The fourth-order valence-corrected chi connectivity index (χ4v) is 5.92. The van der Waals surface area contributed by atoms with Gasteiger partial charge >= 0.3 is 0 Å². The molecule has 0 aliphatic carbocycles. The Hall–Kier alpha value is -5.02. The predicted molar refractivity (Wildman–Crippen MR) is 190 cm³/mol. The standard InChI is InChI=1S/C35H49N9O6/c1-3-20(2)30-35(50)42-27(6-4-5-13-36)34(49)43-28-16-22(31(37)46)7-8-23(28)18-39-26-10-9-24(17-25(26)33(48)44-30)41-29(45)19-40-32(47)21-11-14-38-15-12-21/h7-10,16-17,20-21,27,30,38-39H,3-6,11-15,18-19,36H2,1-2H3,(H2,37,46)(H,40,47)(H,41,45)(H,42,50)(H,43,49)(H,44,48)/t20-,27-,30-/m0/s1. The lowest BCUT2D eigenvalue weighted by Gasteiger charge is -2.28. The van der Waals surface area contributed by atoms with Crippen LogP contribution in [-0.2, 0) is 25.7 Å². The molecule has 11 N–H and O–H groups in total. The Morgan fingerprint density at radius 1 is 0.960 bits per heavy atom. The number of amides is 6. The largest absolute Gasteiger partial charge is 0.380 e. The number of benzene rings is 2. The van der Waals surface area contributed by atoms with Crippen LogP contribution in [0.3, 0.4) is 0 Å². The Bertz CT molecular complexity index is 1580. The summed E-state index contributed by atoms with van der Waals surface area (Å²) in [4.78, 5) is 78.7. The lowest BCUT2D eigenvalue weighted by molar-refractivity contribution is -0.128. The molecule has 15 nitrogen and oxygen atoms in total. The number of carbonyl (C=O) groups excluding carboxylic acids is 6. The Labute approximate surface area is 291 Å². The molecule has 0 aromatic heterocycles. The molecule has 0 radical (unpaired) electrons. The summed E-state index contributed by atoms with van der Waals surface area (Å²) in [5, 5.41) is 20.4. The molecule has 50 heavy (non-hydrogen) atoms. The Morgan fingerprint density at radius 3 is 2.42 bits per heavy atom. The molecule has 0 spiro atoms. The summed E-state index contributed by atoms with van der Waals surface area (Å²) in [5.74, 6) is -3.37. The molecule has 4 rings (SSSR count). The van der Waals surface area contributed by atoms with Gasteiger partial charge < -0.3 is 48.7 Å². The SMILES string of the molecule is CC[C@H](C)[C@@H]1NC(=O)c2cc(NC(=O)CNC(=O)C3CCNCC3)ccc2NCc2ccc(C(N)=O)cc2NC(=O)[C@H](CCCCN)NC1=O. The third-order valence-corrected chi connectivity index (χ3v) is 9.16. The Kier molecular flexibility index (Phi) is 13.7. The maximum atomic E-state index is 14.0. The lowest BCUT2D eigenvalue weighted by atomic mass is 9.96. The number of fused-ring (bicyclic) bond motifs is 2. The van der Waals surface area contributed by atoms with Crippen LogP contribution in [0, 0.1) is 11.8 Å². The molecule has 15 heteroatoms. The van der Waals surface area contributed by atoms with E-state index in [2.05, 4.69) is 37.2 Å². The van der Waals surface area contributed by atoms with Gasteiger partial charge in [-0.2, -0.15) is 0 Å². The minimum absolute atomic E-state index is 0.127. The van der Waals surface area contributed by atoms with Gasteiger partial charge in [0.2, 0.25) is 29.5 Å². The molecule has 1 saturated heterocycles. The molecule has 2 aromatic carbocycles. The molecule has 1 fully saturated rings. The highest BCUT2D eigenvalue weighted by Gasteiger charge is 2.31. The summed E-state index contributed by atoms with van der Waals surface area (Å²) < 4.78 is 0. The first-order valence-electron chi connectivity index (χ1n) is 17.2. The number of nitrogens with one attached hydrogen (secondary N) is 7. The molecule has 2 aliphatic rings. The van der Waals surface area contributed by atoms with E-state index in [1.165, 1.54) is 18.2 Å². The topological polar surface area (TPSA) is 239 Å². The van der Waals surface area contributed by atoms with E-state index in [0.717, 1.165) is 13.1 Å². The van der Waals surface area contributed by atoms with Gasteiger partial charge in [-0.25, -0.2) is 0 Å². The number of hydrogen-bond donors (Lipinski definition) is 9. The molecular formula is C35H49N9O6. The van der Waals surface area contributed by atoms with Crippen LogP contribution in [0.1, 0.15) is 78.7 Å². The first-order valence-corrected chi connectivity index (χ1v) is 17.2. The van der Waals surface area contributed by atoms with Crippen molar-refractivity contribution in [1.29, 1.82) is 0 Å². The summed E-state index contributed by atoms with van der Waals surface area (Å²) in [7, 11) is 0. The van der Waals surface area contributed by atoms with Gasteiger partial charge in [0.25, 0.3) is 5.91 Å². The highest BCUT2D eigenvalue weighted by Crippen LogP contribution is 2.26. The van der Waals surface area contributed by atoms with Crippen LogP contribution in [0.25, 0.3) is 0 Å². The van der Waals surface area contributed by atoms with Crippen molar-refractivity contribution in [2.75, 3.05) is 42.1 Å². The van der Waals surface area contributed by atoms with E-state index in [0.29, 0.717) is 67.7 Å². The van der Waals surface area contributed by atoms with Gasteiger partial charge in [-0.3, -0.25) is 28.8 Å². The van der Waals surface area contributed by atoms with Crippen molar-refractivity contribution in [1.82, 2.24) is 21.3 Å². The van der Waals surface area contributed by atoms with Crippen molar-refractivity contribution in [2.24, 2.45) is 23.3 Å². The third kappa shape index (κ3) is 10.2. The number of unbranched alkanes of at least 4 members (excludes halogenated alkanes) is 1. The molecule has 0 saturated carbocycles. The number of primary amides is 1. The van der Waals surface area contributed by atoms with E-state index in [1.54, 1.807) is 18.2 Å². The molecule has 270 valence electrons. The smallest absolute Gasteiger partial charge is 0.254 e. The molecule has 2 heterocycles. The van der Waals surface area contributed by atoms with Crippen LogP contribution >= 0.6 is 0 Å². The van der Waals surface area contributed by atoms with Crippen LogP contribution in [0.5, 0.6) is 0 Å². The van der Waals surface area contributed by atoms with Crippen molar-refractivity contribution in [2.45, 2.75) is 71.0 Å². The van der Waals surface area contributed by atoms with Crippen molar-refractivity contribution in [3.05, 3.63) is 53.1 Å². The molecule has 6 amide bonds. The quantitative estimate of drug-likeness (QED) is 0.154. The molecule has 2 aromatic rings. The minimum Gasteiger partial charge on any atom is -0.380 e. The molecular weight excluding hydrogens is 642 g/mol. The first kappa shape index (κ1) is 37.8. The number of nitrogens with two attached hydrogens (primary N) is 2. The van der Waals surface area contributed by atoms with Crippen molar-refractivity contribution in [3.63, 3.8) is 0 Å². The van der Waals surface area contributed by atoms with Gasteiger partial charge in [0, 0.05) is 35.1 Å². The fraction of sp³-hybridized carbons (Fsp3) is 0.486. The summed E-state index contributed by atoms with van der Waals surface area (Å²) >= 11 is 0. The average molecular weight is 692 g/mol. The predicted octanol–water partition coefficient (Wildman–Crippen LogP) is 1.16. The van der Waals surface area contributed by atoms with Crippen molar-refractivity contribution >= 4 is 52.5 Å². The van der Waals surface area contributed by atoms with E-state index in [4.69, 9.17) is 11.5 Å². The maximum absolute atomic E-state index is 14.0. The monoisotopic (exact) mass is 691 g/mol. The van der Waals surface area contributed by atoms with Gasteiger partial charge in [0.15, 0.2) is 0 Å². The Balaban J connectivity index is 1.65. The summed E-state index contributed by atoms with van der Waals surface area (Å²) in [6.45, 7) is 5.52. The van der Waals surface area contributed by atoms with Crippen LogP contribution in [-0.4, -0.2) is 73.7 Å². The highest BCUT2D eigenvalue weighted by molar-refractivity contribution is 6.05. The number of rotatable bonds is 11. The fourth-order valence-electron chi connectivity index (χ4n) is 5.92. The average Bonchev–Trinajstić information content (AvgIpc) is 3.11. The zero-order valence-corrected chi connectivity index (χ0v) is 28.7. The number of piperidine rings is 1. The number of anilines is 3. The first-order chi connectivity index (χ1) is 24.0. The van der Waals surface area contributed by atoms with Gasteiger partial charge in [0.05, 0.1) is 12.1 Å². The third-order valence-electron chi connectivity index (χ3n) is 9.16. The van der Waals surface area contributed by atoms with Crippen molar-refractivity contribution < 1.29 is 28.8 Å². The second-order valence-corrected chi connectivity index (χ2v) is 12.8. The second-order valence-electron chi connectivity index (χ2n) is 12.8. The molecule has 2 aliphatic heterocycles. The minimum atomic E-state index is -0.995. The van der Waals surface area contributed by atoms with E-state index >= 15 is 0 Å². The van der Waals surface area contributed by atoms with Gasteiger partial charge in [-0.1, -0.05) is 26.3 Å². The number of carbonyl (C=O) groups is 6. The zero-order valence-electron chi connectivity index (χ0n) is 28.7. The highest BCUT2D eigenvalue weighted by atomic mass is 16.2. The van der Waals surface area contributed by atoms with Gasteiger partial charge in [0.1, 0.15) is 12.1 Å². The van der Waals surface area contributed by atoms with E-state index in [-0.39, 0.29) is 42.0 Å². The maximum Gasteiger partial charge on any atom is 0.254 e. The van der Waals surface area contributed by atoms with E-state index in [1.807, 2.05) is 13.8 Å². The van der Waals surface area contributed by atoms with Gasteiger partial charge in [-0.05, 0) is 93.6 Å². The second kappa shape index (κ2) is 18.1. The molecule has 0 unspecified atom stereocenters. The summed E-state index contributed by atoms with van der Waals surface area (Å²) in [5.41, 5.74) is 13.1. The normalized spacial score (nSPS) is 19.2. The summed E-state index contributed by atoms with van der Waals surface area (Å²) in [6, 6.07) is 7.42. The van der Waals surface area contributed by atoms with Crippen LogP contribution in [0.15, 0.2) is 36.4 Å². The Morgan fingerprint density at radius 2 is 1.72 bits per heavy atom. The van der Waals surface area contributed by atoms with E-state index in [9.17, 15) is 28.8 Å².